The monoisotopic (exact) mass is 434 g/mol. The average molecular weight is 434 g/mol. The van der Waals surface area contributed by atoms with Crippen molar-refractivity contribution in [1.29, 1.82) is 0 Å². The standard InChI is InChI=1S/C23H25F3N2O3/c24-23(25,26)31-19-3-1-16(2-4-19)20-5-6-21(29)28-13-15-11-17(22(20)28)14-27(12-15)18-7-9-30-10-8-18/h1-6,15,17-18H,7-14H2/t15-,17-/m0/s1. The predicted molar refractivity (Wildman–Crippen MR) is 109 cm³/mol. The van der Waals surface area contributed by atoms with Gasteiger partial charge in [0.05, 0.1) is 0 Å². The van der Waals surface area contributed by atoms with Crippen LogP contribution in [0.3, 0.4) is 0 Å². The molecule has 3 aliphatic rings. The van der Waals surface area contributed by atoms with Crippen molar-refractivity contribution in [1.82, 2.24) is 9.47 Å². The van der Waals surface area contributed by atoms with E-state index in [0.29, 0.717) is 18.5 Å². The Hall–Kier alpha value is -2.32. The summed E-state index contributed by atoms with van der Waals surface area (Å²) in [5.41, 5.74) is 2.70. The van der Waals surface area contributed by atoms with E-state index >= 15 is 0 Å². The molecule has 2 bridgehead atoms. The maximum absolute atomic E-state index is 12.7. The fourth-order valence-corrected chi connectivity index (χ4v) is 5.48. The van der Waals surface area contributed by atoms with Gasteiger partial charge in [-0.1, -0.05) is 12.1 Å². The van der Waals surface area contributed by atoms with Gasteiger partial charge in [0, 0.05) is 62.1 Å². The minimum Gasteiger partial charge on any atom is -0.406 e. The molecule has 0 unspecified atom stereocenters. The first-order chi connectivity index (χ1) is 14.9. The number of rotatable bonds is 3. The molecule has 0 aliphatic carbocycles. The van der Waals surface area contributed by atoms with Gasteiger partial charge in [-0.2, -0.15) is 0 Å². The lowest BCUT2D eigenvalue weighted by Gasteiger charge is -2.47. The summed E-state index contributed by atoms with van der Waals surface area (Å²) >= 11 is 0. The van der Waals surface area contributed by atoms with E-state index in [1.54, 1.807) is 18.2 Å². The van der Waals surface area contributed by atoms with Crippen LogP contribution in [-0.2, 0) is 11.3 Å². The van der Waals surface area contributed by atoms with Crippen LogP contribution < -0.4 is 10.3 Å². The van der Waals surface area contributed by atoms with Crippen molar-refractivity contribution in [3.8, 4) is 16.9 Å². The molecular formula is C23H25F3N2O3. The second-order valence-electron chi connectivity index (χ2n) is 8.75. The highest BCUT2D eigenvalue weighted by Crippen LogP contribution is 2.41. The topological polar surface area (TPSA) is 43.7 Å². The van der Waals surface area contributed by atoms with Crippen molar-refractivity contribution >= 4 is 0 Å². The van der Waals surface area contributed by atoms with Gasteiger partial charge in [0.15, 0.2) is 0 Å². The van der Waals surface area contributed by atoms with Gasteiger partial charge in [0.2, 0.25) is 0 Å². The van der Waals surface area contributed by atoms with E-state index in [2.05, 4.69) is 9.64 Å². The van der Waals surface area contributed by atoms with E-state index in [9.17, 15) is 18.0 Å². The molecule has 2 saturated heterocycles. The first-order valence-corrected chi connectivity index (χ1v) is 10.8. The summed E-state index contributed by atoms with van der Waals surface area (Å²) < 4.78 is 48.9. The Balaban J connectivity index is 1.47. The van der Waals surface area contributed by atoms with Crippen LogP contribution in [0, 0.1) is 5.92 Å². The van der Waals surface area contributed by atoms with Crippen molar-refractivity contribution in [3.05, 3.63) is 52.4 Å². The summed E-state index contributed by atoms with van der Waals surface area (Å²) in [5, 5.41) is 0. The molecule has 0 radical (unpaired) electrons. The van der Waals surface area contributed by atoms with E-state index in [4.69, 9.17) is 4.74 Å². The normalized spacial score (nSPS) is 24.6. The Kier molecular flexibility index (Phi) is 5.30. The zero-order valence-electron chi connectivity index (χ0n) is 17.1. The van der Waals surface area contributed by atoms with Crippen molar-refractivity contribution < 1.29 is 22.6 Å². The van der Waals surface area contributed by atoms with Crippen molar-refractivity contribution in [2.45, 2.75) is 44.1 Å². The van der Waals surface area contributed by atoms with E-state index in [0.717, 1.165) is 62.4 Å². The molecule has 1 aromatic heterocycles. The van der Waals surface area contributed by atoms with Crippen LogP contribution in [0.4, 0.5) is 13.2 Å². The number of benzene rings is 1. The number of fused-ring (bicyclic) bond motifs is 4. The second-order valence-corrected chi connectivity index (χ2v) is 8.75. The van der Waals surface area contributed by atoms with Gasteiger partial charge >= 0.3 is 6.36 Å². The van der Waals surface area contributed by atoms with Gasteiger partial charge in [-0.15, -0.1) is 13.2 Å². The predicted octanol–water partition coefficient (Wildman–Crippen LogP) is 4.01. The van der Waals surface area contributed by atoms with Crippen LogP contribution in [0.5, 0.6) is 5.75 Å². The summed E-state index contributed by atoms with van der Waals surface area (Å²) in [6.45, 7) is 4.18. The number of aromatic nitrogens is 1. The van der Waals surface area contributed by atoms with Gasteiger partial charge in [0.25, 0.3) is 5.56 Å². The van der Waals surface area contributed by atoms with E-state index in [1.165, 1.54) is 12.1 Å². The molecule has 0 amide bonds. The highest BCUT2D eigenvalue weighted by Gasteiger charge is 2.38. The highest BCUT2D eigenvalue weighted by atomic mass is 19.4. The van der Waals surface area contributed by atoms with Crippen LogP contribution in [0.1, 0.15) is 30.9 Å². The number of hydrogen-bond donors (Lipinski definition) is 0. The van der Waals surface area contributed by atoms with Crippen molar-refractivity contribution in [3.63, 3.8) is 0 Å². The van der Waals surface area contributed by atoms with E-state index in [1.807, 2.05) is 10.6 Å². The average Bonchev–Trinajstić information content (AvgIpc) is 2.74. The minimum absolute atomic E-state index is 0.00927. The van der Waals surface area contributed by atoms with Gasteiger partial charge in [-0.25, -0.2) is 0 Å². The number of hydrogen-bond acceptors (Lipinski definition) is 4. The fourth-order valence-electron chi connectivity index (χ4n) is 5.48. The van der Waals surface area contributed by atoms with Crippen molar-refractivity contribution in [2.24, 2.45) is 5.92 Å². The minimum atomic E-state index is -4.72. The lowest BCUT2D eigenvalue weighted by atomic mass is 9.79. The highest BCUT2D eigenvalue weighted by molar-refractivity contribution is 5.67. The zero-order valence-corrected chi connectivity index (χ0v) is 17.1. The van der Waals surface area contributed by atoms with Crippen LogP contribution >= 0.6 is 0 Å². The molecule has 4 heterocycles. The molecule has 5 nitrogen and oxygen atoms in total. The third-order valence-electron chi connectivity index (χ3n) is 6.72. The quantitative estimate of drug-likeness (QED) is 0.732. The van der Waals surface area contributed by atoms with Crippen LogP contribution in [0.15, 0.2) is 41.2 Å². The van der Waals surface area contributed by atoms with Crippen LogP contribution in [0.25, 0.3) is 11.1 Å². The summed E-state index contributed by atoms with van der Waals surface area (Å²) in [5.74, 6) is 0.414. The number of alkyl halides is 3. The van der Waals surface area contributed by atoms with Crippen LogP contribution in [0.2, 0.25) is 0 Å². The van der Waals surface area contributed by atoms with Crippen LogP contribution in [-0.4, -0.2) is 48.2 Å². The Morgan fingerprint density at radius 2 is 1.71 bits per heavy atom. The molecule has 5 rings (SSSR count). The smallest absolute Gasteiger partial charge is 0.406 e. The number of likely N-dealkylation sites (tertiary alicyclic amines) is 1. The third-order valence-corrected chi connectivity index (χ3v) is 6.72. The molecule has 8 heteroatoms. The molecule has 31 heavy (non-hydrogen) atoms. The molecule has 1 aromatic carbocycles. The van der Waals surface area contributed by atoms with Gasteiger partial charge in [-0.05, 0) is 48.9 Å². The Labute approximate surface area is 178 Å². The third kappa shape index (κ3) is 4.23. The Bertz CT molecular complexity index is 997. The van der Waals surface area contributed by atoms with Crippen molar-refractivity contribution in [2.75, 3.05) is 26.3 Å². The first kappa shape index (κ1) is 20.6. The summed E-state index contributed by atoms with van der Waals surface area (Å²) in [4.78, 5) is 15.2. The lowest BCUT2D eigenvalue weighted by Crippen LogP contribution is -2.51. The summed E-state index contributed by atoms with van der Waals surface area (Å²) in [6.07, 6.45) is -1.61. The Morgan fingerprint density at radius 1 is 0.968 bits per heavy atom. The molecule has 166 valence electrons. The molecule has 2 aromatic rings. The number of halogens is 3. The summed E-state index contributed by atoms with van der Waals surface area (Å²) in [6, 6.07) is 9.80. The largest absolute Gasteiger partial charge is 0.573 e. The van der Waals surface area contributed by atoms with E-state index in [-0.39, 0.29) is 17.2 Å². The molecule has 3 aliphatic heterocycles. The molecule has 2 fully saturated rings. The number of nitrogens with zero attached hydrogens (tertiary/aromatic N) is 2. The molecule has 0 spiro atoms. The summed E-state index contributed by atoms with van der Waals surface area (Å²) in [7, 11) is 0. The lowest BCUT2D eigenvalue weighted by molar-refractivity contribution is -0.274. The van der Waals surface area contributed by atoms with Gasteiger partial charge < -0.3 is 14.0 Å². The maximum Gasteiger partial charge on any atom is 0.573 e. The fraction of sp³-hybridized carbons (Fsp3) is 0.522. The molecular weight excluding hydrogens is 409 g/mol. The zero-order chi connectivity index (χ0) is 21.6. The van der Waals surface area contributed by atoms with Gasteiger partial charge in [-0.3, -0.25) is 9.69 Å². The number of piperidine rings is 1. The first-order valence-electron chi connectivity index (χ1n) is 10.8. The van der Waals surface area contributed by atoms with Gasteiger partial charge in [0.1, 0.15) is 5.75 Å². The Morgan fingerprint density at radius 3 is 2.42 bits per heavy atom. The molecule has 0 saturated carbocycles. The number of ether oxygens (including phenoxy) is 2. The second kappa shape index (κ2) is 7.98. The SMILES string of the molecule is O=c1ccc(-c2ccc(OC(F)(F)F)cc2)c2n1C[C@H]1C[C@H]2CN(C2CCOCC2)C1. The maximum atomic E-state index is 12.7. The number of pyridine rings is 1. The van der Waals surface area contributed by atoms with E-state index < -0.39 is 6.36 Å². The molecule has 2 atom stereocenters. The molecule has 0 N–H and O–H groups in total.